The van der Waals surface area contributed by atoms with Gasteiger partial charge in [0.15, 0.2) is 5.65 Å². The first kappa shape index (κ1) is 26.2. The van der Waals surface area contributed by atoms with Crippen LogP contribution in [0.25, 0.3) is 5.65 Å². The average molecular weight is 521 g/mol. The van der Waals surface area contributed by atoms with E-state index in [1.54, 1.807) is 0 Å². The van der Waals surface area contributed by atoms with E-state index in [9.17, 15) is 5.11 Å². The van der Waals surface area contributed by atoms with Crippen molar-refractivity contribution in [2.24, 2.45) is 5.73 Å². The lowest BCUT2D eigenvalue weighted by molar-refractivity contribution is 0.109. The van der Waals surface area contributed by atoms with E-state index in [-0.39, 0.29) is 24.3 Å². The number of ether oxygens (including phenoxy) is 1. The molecule has 2 unspecified atom stereocenters. The van der Waals surface area contributed by atoms with Gasteiger partial charge in [0.25, 0.3) is 0 Å². The standard InChI is InChI=1S/C29H42N5O2Si/c1-18(2)37(19(3)4)20(5)28-25(35)11-8-16-33(28)29-32-31-27-15-12-21(17-34(27)29)36-26-14-13-24(30)22-9-6-7-10-23(22)26/h6-7,9-10,12,15,17-20,24-26,28,35H,8,11,13-14,16,30H2,1-5H3/q+1/t20?,24-,25-,26+,28?/m0/s1. The molecule has 1 fully saturated rings. The summed E-state index contributed by atoms with van der Waals surface area (Å²) in [7, 11) is -0.717. The van der Waals surface area contributed by atoms with Gasteiger partial charge in [-0.15, -0.1) is 10.2 Å². The molecule has 5 atom stereocenters. The van der Waals surface area contributed by atoms with Gasteiger partial charge in [-0.3, -0.25) is 4.40 Å². The molecule has 3 heterocycles. The van der Waals surface area contributed by atoms with E-state index >= 15 is 0 Å². The van der Waals surface area contributed by atoms with Gasteiger partial charge in [-0.25, -0.2) is 0 Å². The van der Waals surface area contributed by atoms with Gasteiger partial charge < -0.3 is 20.5 Å². The molecule has 0 spiro atoms. The highest BCUT2D eigenvalue weighted by atomic mass is 28.3. The molecular weight excluding hydrogens is 478 g/mol. The van der Waals surface area contributed by atoms with Gasteiger partial charge in [0.2, 0.25) is 5.95 Å². The highest BCUT2D eigenvalue weighted by molar-refractivity contribution is 6.63. The Bertz CT molecular complexity index is 1210. The van der Waals surface area contributed by atoms with Crippen LogP contribution in [0.5, 0.6) is 5.75 Å². The van der Waals surface area contributed by atoms with Crippen LogP contribution < -0.4 is 15.4 Å². The molecular formula is C29H42N5O2Si+. The first-order valence-corrected chi connectivity index (χ1v) is 15.7. The van der Waals surface area contributed by atoms with Crippen LogP contribution in [-0.2, 0) is 0 Å². The fourth-order valence-electron chi connectivity index (χ4n) is 6.95. The molecule has 5 rings (SSSR count). The van der Waals surface area contributed by atoms with Gasteiger partial charge in [-0.05, 0) is 83.6 Å². The Balaban J connectivity index is 1.47. The molecule has 37 heavy (non-hydrogen) atoms. The number of pyridine rings is 1. The molecule has 3 aromatic rings. The highest BCUT2D eigenvalue weighted by Crippen LogP contribution is 2.40. The molecule has 198 valence electrons. The quantitative estimate of drug-likeness (QED) is 0.390. The molecule has 0 bridgehead atoms. The molecule has 0 radical (unpaired) electrons. The van der Waals surface area contributed by atoms with Gasteiger partial charge >= 0.3 is 8.80 Å². The smallest absolute Gasteiger partial charge is 0.325 e. The number of aromatic nitrogens is 3. The van der Waals surface area contributed by atoms with Crippen molar-refractivity contribution < 1.29 is 9.84 Å². The summed E-state index contributed by atoms with van der Waals surface area (Å²) in [6.07, 6.45) is 5.20. The first-order chi connectivity index (χ1) is 17.8. The predicted molar refractivity (Wildman–Crippen MR) is 151 cm³/mol. The molecule has 1 aliphatic carbocycles. The summed E-state index contributed by atoms with van der Waals surface area (Å²) in [5.41, 5.74) is 11.2. The topological polar surface area (TPSA) is 88.9 Å². The van der Waals surface area contributed by atoms with Crippen LogP contribution in [-0.4, -0.2) is 47.2 Å². The maximum Gasteiger partial charge on any atom is 0.325 e. The number of aliphatic hydroxyl groups is 1. The zero-order valence-corrected chi connectivity index (χ0v) is 23.8. The van der Waals surface area contributed by atoms with E-state index in [0.717, 1.165) is 49.6 Å². The number of piperidine rings is 1. The largest absolute Gasteiger partial charge is 0.484 e. The fraction of sp³-hybridized carbons (Fsp3) is 0.586. The Morgan fingerprint density at radius 3 is 2.43 bits per heavy atom. The van der Waals surface area contributed by atoms with E-state index in [2.05, 4.69) is 67.9 Å². The SMILES string of the molecule is CC(C)[Si+](C(C)C)C(C)C1[C@@H](O)CCCN1c1nnc2ccc(O[C@@H]3CC[C@H](N)c4ccccc43)cn12. The molecule has 1 saturated heterocycles. The second-order valence-corrected chi connectivity index (χ2v) is 15.7. The molecule has 1 aliphatic heterocycles. The van der Waals surface area contributed by atoms with Crippen LogP contribution in [0.2, 0.25) is 16.6 Å². The van der Waals surface area contributed by atoms with Crippen molar-refractivity contribution in [2.45, 2.75) is 101 Å². The van der Waals surface area contributed by atoms with Crippen molar-refractivity contribution in [1.82, 2.24) is 14.6 Å². The number of nitrogens with two attached hydrogens (primary N) is 1. The lowest BCUT2D eigenvalue weighted by atomic mass is 9.86. The molecule has 7 nitrogen and oxygen atoms in total. The van der Waals surface area contributed by atoms with Crippen molar-refractivity contribution in [3.63, 3.8) is 0 Å². The molecule has 8 heteroatoms. The van der Waals surface area contributed by atoms with Crippen molar-refractivity contribution in [3.8, 4) is 5.75 Å². The fourth-order valence-corrected chi connectivity index (χ4v) is 11.2. The summed E-state index contributed by atoms with van der Waals surface area (Å²) in [5, 5.41) is 20.4. The van der Waals surface area contributed by atoms with Crippen LogP contribution >= 0.6 is 0 Å². The third kappa shape index (κ3) is 5.03. The Kier molecular flexibility index (Phi) is 7.61. The van der Waals surface area contributed by atoms with Gasteiger partial charge in [-0.2, -0.15) is 0 Å². The number of fused-ring (bicyclic) bond motifs is 2. The molecule has 0 amide bonds. The minimum Gasteiger partial charge on any atom is -0.484 e. The lowest BCUT2D eigenvalue weighted by Crippen LogP contribution is -2.54. The summed E-state index contributed by atoms with van der Waals surface area (Å²) in [4.78, 5) is 2.33. The zero-order valence-electron chi connectivity index (χ0n) is 22.8. The number of aliphatic hydroxyl groups excluding tert-OH is 1. The van der Waals surface area contributed by atoms with E-state index < -0.39 is 8.80 Å². The molecule has 3 N–H and O–H groups in total. The second kappa shape index (κ2) is 10.7. The Morgan fingerprint density at radius 1 is 0.973 bits per heavy atom. The summed E-state index contributed by atoms with van der Waals surface area (Å²) in [5.74, 6) is 1.59. The minimum atomic E-state index is -0.717. The Morgan fingerprint density at radius 2 is 1.70 bits per heavy atom. The monoisotopic (exact) mass is 520 g/mol. The van der Waals surface area contributed by atoms with Gasteiger partial charge in [0.1, 0.15) is 11.9 Å². The van der Waals surface area contributed by atoms with Gasteiger partial charge in [0, 0.05) is 12.6 Å². The Labute approximate surface area is 222 Å². The van der Waals surface area contributed by atoms with Gasteiger partial charge in [-0.1, -0.05) is 24.3 Å². The summed E-state index contributed by atoms with van der Waals surface area (Å²) < 4.78 is 8.60. The van der Waals surface area contributed by atoms with Crippen LogP contribution in [0.4, 0.5) is 5.95 Å². The van der Waals surface area contributed by atoms with E-state index in [1.807, 2.05) is 28.8 Å². The minimum absolute atomic E-state index is 0.0276. The van der Waals surface area contributed by atoms with E-state index in [0.29, 0.717) is 16.6 Å². The number of anilines is 1. The molecule has 1 aromatic carbocycles. The summed E-state index contributed by atoms with van der Waals surface area (Å²) in [6.45, 7) is 12.6. The number of benzene rings is 1. The number of hydrogen-bond acceptors (Lipinski definition) is 6. The van der Waals surface area contributed by atoms with Crippen LogP contribution in [0.15, 0.2) is 42.6 Å². The lowest BCUT2D eigenvalue weighted by Gasteiger charge is -2.41. The van der Waals surface area contributed by atoms with Crippen molar-refractivity contribution in [3.05, 3.63) is 53.7 Å². The van der Waals surface area contributed by atoms with Crippen LogP contribution in [0.1, 0.15) is 83.6 Å². The maximum atomic E-state index is 11.3. The second-order valence-electron chi connectivity index (χ2n) is 11.5. The predicted octanol–water partition coefficient (Wildman–Crippen LogP) is 5.68. The summed E-state index contributed by atoms with van der Waals surface area (Å²) in [6, 6.07) is 12.4. The normalized spacial score (nSPS) is 24.9. The highest BCUT2D eigenvalue weighted by Gasteiger charge is 2.50. The molecule has 2 aromatic heterocycles. The van der Waals surface area contributed by atoms with Crippen LogP contribution in [0.3, 0.4) is 0 Å². The molecule has 0 saturated carbocycles. The number of hydrogen-bond donors (Lipinski definition) is 2. The first-order valence-electron chi connectivity index (χ1n) is 13.9. The van der Waals surface area contributed by atoms with E-state index in [4.69, 9.17) is 10.5 Å². The third-order valence-corrected chi connectivity index (χ3v) is 12.5. The van der Waals surface area contributed by atoms with Gasteiger partial charge in [0.05, 0.1) is 35.0 Å². The van der Waals surface area contributed by atoms with Crippen molar-refractivity contribution in [1.29, 1.82) is 0 Å². The molecule has 2 aliphatic rings. The van der Waals surface area contributed by atoms with Crippen LogP contribution in [0, 0.1) is 0 Å². The number of nitrogens with zero attached hydrogens (tertiary/aromatic N) is 4. The Hall–Kier alpha value is -2.42. The van der Waals surface area contributed by atoms with Crippen molar-refractivity contribution >= 4 is 20.4 Å². The zero-order chi connectivity index (χ0) is 26.3. The van der Waals surface area contributed by atoms with Crippen molar-refractivity contribution in [2.75, 3.05) is 11.4 Å². The summed E-state index contributed by atoms with van der Waals surface area (Å²) >= 11 is 0. The van der Waals surface area contributed by atoms with E-state index in [1.165, 1.54) is 11.1 Å². The third-order valence-electron chi connectivity index (χ3n) is 8.40. The average Bonchev–Trinajstić information content (AvgIpc) is 3.28. The number of rotatable bonds is 7. The maximum absolute atomic E-state index is 11.3.